The van der Waals surface area contributed by atoms with Crippen LogP contribution in [0.1, 0.15) is 130 Å². The van der Waals surface area contributed by atoms with Gasteiger partial charge in [0, 0.05) is 76.0 Å². The molecule has 5 heterocycles. The summed E-state index contributed by atoms with van der Waals surface area (Å²) in [6.07, 6.45) is 3.65. The quantitative estimate of drug-likeness (QED) is 0.0836. The van der Waals surface area contributed by atoms with Crippen LogP contribution in [0, 0.1) is 19.3 Å². The Kier molecular flexibility index (Phi) is 13.9. The third-order valence-electron chi connectivity index (χ3n) is 11.2. The SMILES string of the molecule is C=Cc1c(C)c2cc3nc(c(CC(=O)NCCSCC(C)(C)CCOC(C)C)c4nc(cc5[nH]c(cc1[nH]2)c(C)c5CC)C(C)=C4C(=O)O)C(CCC(=O)O)C3C. The maximum absolute atomic E-state index is 13.9. The van der Waals surface area contributed by atoms with Crippen LogP contribution in [0.25, 0.3) is 39.3 Å². The molecule has 306 valence electrons. The summed E-state index contributed by atoms with van der Waals surface area (Å²) in [5.74, 6) is -1.43. The smallest absolute Gasteiger partial charge is 0.338 e. The summed E-state index contributed by atoms with van der Waals surface area (Å²) in [6.45, 7) is 23.6. The van der Waals surface area contributed by atoms with Crippen molar-refractivity contribution < 1.29 is 29.3 Å². The fraction of sp³-hybridized carbons (Fsp3) is 0.489. The van der Waals surface area contributed by atoms with Crippen LogP contribution < -0.4 is 5.32 Å². The lowest BCUT2D eigenvalue weighted by atomic mass is 9.84. The molecule has 5 N–H and O–H groups in total. The number of allylic oxidation sites excluding steroid dienone is 1. The van der Waals surface area contributed by atoms with E-state index in [1.807, 2.05) is 45.9 Å². The van der Waals surface area contributed by atoms with Crippen LogP contribution in [0.15, 0.2) is 24.8 Å². The zero-order chi connectivity index (χ0) is 41.8. The molecule has 0 saturated carbocycles. The van der Waals surface area contributed by atoms with Gasteiger partial charge >= 0.3 is 11.9 Å². The minimum absolute atomic E-state index is 0.00513. The topological polar surface area (TPSA) is 170 Å². The number of H-pyrrole nitrogens is 2. The first-order valence-electron chi connectivity index (χ1n) is 20.0. The van der Waals surface area contributed by atoms with Crippen molar-refractivity contribution in [3.05, 3.63) is 75.4 Å². The number of fused-ring (bicyclic) bond motifs is 8. The number of aromatic nitrogens is 4. The first-order chi connectivity index (χ1) is 27.0. The number of aryl methyl sites for hydroxylation is 3. The molecule has 11 nitrogen and oxygen atoms in total. The molecule has 8 bridgehead atoms. The molecule has 2 atom stereocenters. The van der Waals surface area contributed by atoms with E-state index >= 15 is 0 Å². The molecule has 5 rings (SSSR count). The fourth-order valence-corrected chi connectivity index (χ4v) is 8.94. The Balaban J connectivity index is 1.69. The highest BCUT2D eigenvalue weighted by molar-refractivity contribution is 7.99. The highest BCUT2D eigenvalue weighted by atomic mass is 32.2. The number of hydrogen-bond acceptors (Lipinski definition) is 7. The number of hydrogen-bond donors (Lipinski definition) is 5. The summed E-state index contributed by atoms with van der Waals surface area (Å²) in [7, 11) is 0. The molecule has 2 aliphatic rings. The van der Waals surface area contributed by atoms with Crippen molar-refractivity contribution in [1.82, 2.24) is 25.3 Å². The van der Waals surface area contributed by atoms with E-state index in [1.165, 1.54) is 0 Å². The normalized spacial score (nSPS) is 15.7. The molecule has 0 fully saturated rings. The number of thioether (sulfide) groups is 1. The molecular weight excluding hydrogens is 739 g/mol. The Bertz CT molecular complexity index is 2250. The van der Waals surface area contributed by atoms with Gasteiger partial charge in [0.25, 0.3) is 0 Å². The molecular formula is C45H59N5O6S. The average Bonchev–Trinajstić information content (AvgIpc) is 3.82. The molecule has 57 heavy (non-hydrogen) atoms. The van der Waals surface area contributed by atoms with Crippen molar-refractivity contribution in [1.29, 1.82) is 0 Å². The van der Waals surface area contributed by atoms with E-state index in [2.05, 4.69) is 55.6 Å². The monoisotopic (exact) mass is 797 g/mol. The van der Waals surface area contributed by atoms with Crippen molar-refractivity contribution in [2.75, 3.05) is 24.7 Å². The summed E-state index contributed by atoms with van der Waals surface area (Å²) in [5.41, 5.74) is 10.3. The van der Waals surface area contributed by atoms with E-state index in [1.54, 1.807) is 18.7 Å². The first-order valence-corrected chi connectivity index (χ1v) is 21.1. The Morgan fingerprint density at radius 3 is 2.37 bits per heavy atom. The van der Waals surface area contributed by atoms with E-state index in [9.17, 15) is 24.6 Å². The van der Waals surface area contributed by atoms with Gasteiger partial charge in [0.2, 0.25) is 5.91 Å². The minimum Gasteiger partial charge on any atom is -0.481 e. The van der Waals surface area contributed by atoms with E-state index < -0.39 is 17.9 Å². The summed E-state index contributed by atoms with van der Waals surface area (Å²) in [5, 5.41) is 23.6. The number of aromatic amines is 2. The second kappa shape index (κ2) is 18.3. The van der Waals surface area contributed by atoms with Gasteiger partial charge in [-0.1, -0.05) is 40.3 Å². The number of carboxylic acids is 2. The van der Waals surface area contributed by atoms with Crippen LogP contribution in [0.5, 0.6) is 0 Å². The van der Waals surface area contributed by atoms with Crippen LogP contribution in [-0.4, -0.2) is 78.8 Å². The second-order valence-corrected chi connectivity index (χ2v) is 17.4. The molecule has 2 aliphatic heterocycles. The van der Waals surface area contributed by atoms with Crippen LogP contribution in [0.2, 0.25) is 0 Å². The Morgan fingerprint density at radius 2 is 1.72 bits per heavy atom. The molecule has 0 saturated heterocycles. The Labute approximate surface area is 340 Å². The molecule has 3 aromatic heterocycles. The number of nitrogens with one attached hydrogen (secondary N) is 3. The van der Waals surface area contributed by atoms with Gasteiger partial charge in [0.15, 0.2) is 0 Å². The van der Waals surface area contributed by atoms with Crippen LogP contribution in [-0.2, 0) is 32.0 Å². The first kappa shape index (κ1) is 43.4. The molecule has 0 aliphatic carbocycles. The van der Waals surface area contributed by atoms with Crippen molar-refractivity contribution in [3.8, 4) is 0 Å². The van der Waals surface area contributed by atoms with Crippen molar-refractivity contribution in [2.24, 2.45) is 5.41 Å². The number of aliphatic carboxylic acids is 2. The van der Waals surface area contributed by atoms with E-state index in [0.29, 0.717) is 47.1 Å². The van der Waals surface area contributed by atoms with Crippen LogP contribution in [0.4, 0.5) is 0 Å². The van der Waals surface area contributed by atoms with Crippen LogP contribution >= 0.6 is 11.8 Å². The van der Waals surface area contributed by atoms with Gasteiger partial charge in [0.1, 0.15) is 0 Å². The highest BCUT2D eigenvalue weighted by Gasteiger charge is 2.35. The van der Waals surface area contributed by atoms with E-state index in [4.69, 9.17) is 14.7 Å². The van der Waals surface area contributed by atoms with E-state index in [-0.39, 0.29) is 53.9 Å². The molecule has 0 spiro atoms. The average molecular weight is 798 g/mol. The summed E-state index contributed by atoms with van der Waals surface area (Å²) < 4.78 is 5.76. The molecule has 0 aromatic carbocycles. The van der Waals surface area contributed by atoms with Crippen LogP contribution in [0.3, 0.4) is 0 Å². The molecule has 0 radical (unpaired) electrons. The summed E-state index contributed by atoms with van der Waals surface area (Å²) >= 11 is 1.77. The molecule has 3 aromatic rings. The largest absolute Gasteiger partial charge is 0.481 e. The third-order valence-corrected chi connectivity index (χ3v) is 12.7. The standard InChI is InChI=1S/C45H59N5O6S/c1-11-29-25(5)33-20-35-27(7)31(13-14-40(52)53)42(49-35)32(19-39(51)46-16-18-57-23-45(9,10)15-17-56-24(3)4)43-41(44(54)55)28(8)36(50-43)22-38-30(12-2)26(6)34(48-38)21-37(29)47-33/h11,20-22,24,27,31,47-48H,1,12-19,23H2,2-10H3,(H,46,51)(H,52,53)(H,54,55). The maximum Gasteiger partial charge on any atom is 0.338 e. The van der Waals surface area contributed by atoms with E-state index in [0.717, 1.165) is 62.9 Å². The number of nitrogens with zero attached hydrogens (tertiary/aromatic N) is 2. The molecule has 1 amide bonds. The maximum atomic E-state index is 13.9. The van der Waals surface area contributed by atoms with Gasteiger partial charge in [-0.2, -0.15) is 11.8 Å². The predicted molar refractivity (Wildman–Crippen MR) is 232 cm³/mol. The number of ether oxygens (including phenoxy) is 1. The van der Waals surface area contributed by atoms with Gasteiger partial charge in [-0.05, 0) is 106 Å². The zero-order valence-corrected chi connectivity index (χ0v) is 35.8. The lowest BCUT2D eigenvalue weighted by molar-refractivity contribution is -0.137. The summed E-state index contributed by atoms with van der Waals surface area (Å²) in [4.78, 5) is 56.3. The van der Waals surface area contributed by atoms with Crippen molar-refractivity contribution in [3.63, 3.8) is 0 Å². The Morgan fingerprint density at radius 1 is 1.02 bits per heavy atom. The van der Waals surface area contributed by atoms with Crippen molar-refractivity contribution >= 4 is 68.9 Å². The summed E-state index contributed by atoms with van der Waals surface area (Å²) in [6, 6.07) is 5.93. The van der Waals surface area contributed by atoms with Gasteiger partial charge in [0.05, 0.1) is 35.2 Å². The Hall–Kier alpha value is -4.68. The lowest BCUT2D eigenvalue weighted by Gasteiger charge is -2.24. The molecule has 2 unspecified atom stereocenters. The number of carbonyl (C=O) groups excluding carboxylic acids is 1. The lowest BCUT2D eigenvalue weighted by Crippen LogP contribution is -2.29. The van der Waals surface area contributed by atoms with Crippen molar-refractivity contribution in [2.45, 2.75) is 112 Å². The number of rotatable bonds is 17. The number of carboxylic acid groups (broad SMARTS) is 2. The fourth-order valence-electron chi connectivity index (χ4n) is 7.85. The van der Waals surface area contributed by atoms with Gasteiger partial charge < -0.3 is 30.2 Å². The van der Waals surface area contributed by atoms with Gasteiger partial charge in [-0.15, -0.1) is 0 Å². The second-order valence-electron chi connectivity index (χ2n) is 16.3. The highest BCUT2D eigenvalue weighted by Crippen LogP contribution is 2.44. The van der Waals surface area contributed by atoms with Gasteiger partial charge in [-0.3, -0.25) is 14.6 Å². The number of amides is 1. The molecule has 12 heteroatoms. The van der Waals surface area contributed by atoms with Gasteiger partial charge in [-0.25, -0.2) is 9.78 Å². The zero-order valence-electron chi connectivity index (χ0n) is 34.9. The minimum atomic E-state index is -1.16. The third kappa shape index (κ3) is 9.90. The predicted octanol–water partition coefficient (Wildman–Crippen LogP) is 9.14. The number of carbonyl (C=O) groups is 3.